The van der Waals surface area contributed by atoms with Crippen molar-refractivity contribution in [1.82, 2.24) is 20.1 Å². The second kappa shape index (κ2) is 7.60. The summed E-state index contributed by atoms with van der Waals surface area (Å²) < 4.78 is 5.61. The predicted octanol–water partition coefficient (Wildman–Crippen LogP) is 2.65. The molecule has 0 aliphatic carbocycles. The van der Waals surface area contributed by atoms with Gasteiger partial charge in [-0.25, -0.2) is 0 Å². The molecule has 0 amide bonds. The molecule has 3 rings (SSSR count). The predicted molar refractivity (Wildman–Crippen MR) is 86.9 cm³/mol. The van der Waals surface area contributed by atoms with Gasteiger partial charge in [-0.3, -0.25) is 4.98 Å². The monoisotopic (exact) mass is 319 g/mol. The smallest absolute Gasteiger partial charge is 0.315 e. The molecule has 0 saturated carbocycles. The lowest BCUT2D eigenvalue weighted by Crippen LogP contribution is -2.26. The molecule has 0 aromatic carbocycles. The van der Waals surface area contributed by atoms with Gasteiger partial charge in [0.25, 0.3) is 0 Å². The largest absolute Gasteiger partial charge is 0.407 e. The van der Waals surface area contributed by atoms with Crippen molar-refractivity contribution in [3.8, 4) is 0 Å². The topological polar surface area (TPSA) is 67.1 Å². The van der Waals surface area contributed by atoms with Crippen molar-refractivity contribution >= 4 is 17.8 Å². The highest BCUT2D eigenvalue weighted by molar-refractivity contribution is 7.98. The molecule has 0 bridgehead atoms. The Labute approximate surface area is 134 Å². The SMILES string of the molecule is CN1CCCC1CCNc1nnc(CSc2ccncc2)o1. The van der Waals surface area contributed by atoms with E-state index in [-0.39, 0.29) is 0 Å². The first-order valence-corrected chi connectivity index (χ1v) is 8.59. The molecule has 1 aliphatic rings. The average molecular weight is 319 g/mol. The highest BCUT2D eigenvalue weighted by Gasteiger charge is 2.20. The first kappa shape index (κ1) is 15.3. The molecule has 1 aliphatic heterocycles. The molecule has 7 heteroatoms. The Morgan fingerprint density at radius 2 is 2.23 bits per heavy atom. The zero-order valence-corrected chi connectivity index (χ0v) is 13.6. The number of hydrogen-bond acceptors (Lipinski definition) is 7. The van der Waals surface area contributed by atoms with Gasteiger partial charge >= 0.3 is 6.01 Å². The van der Waals surface area contributed by atoms with Crippen LogP contribution in [0.5, 0.6) is 0 Å². The van der Waals surface area contributed by atoms with Gasteiger partial charge in [-0.2, -0.15) is 0 Å². The molecule has 3 heterocycles. The number of nitrogens with zero attached hydrogens (tertiary/aromatic N) is 4. The van der Waals surface area contributed by atoms with Crippen LogP contribution in [0.4, 0.5) is 6.01 Å². The Balaban J connectivity index is 1.41. The van der Waals surface area contributed by atoms with Crippen LogP contribution in [0.15, 0.2) is 33.8 Å². The summed E-state index contributed by atoms with van der Waals surface area (Å²) >= 11 is 1.66. The van der Waals surface area contributed by atoms with E-state index >= 15 is 0 Å². The van der Waals surface area contributed by atoms with Crippen LogP contribution in [0, 0.1) is 0 Å². The zero-order chi connectivity index (χ0) is 15.2. The maximum absolute atomic E-state index is 5.61. The number of anilines is 1. The fourth-order valence-corrected chi connectivity index (χ4v) is 3.37. The molecule has 2 aromatic rings. The number of pyridine rings is 1. The normalized spacial score (nSPS) is 18.7. The first-order valence-electron chi connectivity index (χ1n) is 7.60. The Morgan fingerprint density at radius 3 is 3.00 bits per heavy atom. The van der Waals surface area contributed by atoms with Crippen molar-refractivity contribution in [1.29, 1.82) is 0 Å². The number of aromatic nitrogens is 3. The third-order valence-corrected chi connectivity index (χ3v) is 4.90. The molecule has 1 unspecified atom stereocenters. The highest BCUT2D eigenvalue weighted by atomic mass is 32.2. The molecule has 1 atom stereocenters. The van der Waals surface area contributed by atoms with Gasteiger partial charge in [0.05, 0.1) is 5.75 Å². The minimum atomic E-state index is 0.519. The maximum Gasteiger partial charge on any atom is 0.315 e. The van der Waals surface area contributed by atoms with Gasteiger partial charge in [0.1, 0.15) is 0 Å². The van der Waals surface area contributed by atoms with Crippen LogP contribution >= 0.6 is 11.8 Å². The lowest BCUT2D eigenvalue weighted by atomic mass is 10.1. The number of likely N-dealkylation sites (tertiary alicyclic amines) is 1. The fraction of sp³-hybridized carbons (Fsp3) is 0.533. The van der Waals surface area contributed by atoms with Crippen molar-refractivity contribution in [2.75, 3.05) is 25.5 Å². The minimum Gasteiger partial charge on any atom is -0.407 e. The summed E-state index contributed by atoms with van der Waals surface area (Å²) in [6.45, 7) is 2.08. The van der Waals surface area contributed by atoms with E-state index in [1.807, 2.05) is 12.1 Å². The lowest BCUT2D eigenvalue weighted by Gasteiger charge is -2.18. The minimum absolute atomic E-state index is 0.519. The van der Waals surface area contributed by atoms with Gasteiger partial charge in [0.2, 0.25) is 5.89 Å². The molecule has 0 spiro atoms. The second-order valence-electron chi connectivity index (χ2n) is 5.46. The van der Waals surface area contributed by atoms with Crippen LogP contribution in [-0.2, 0) is 5.75 Å². The van der Waals surface area contributed by atoms with E-state index in [9.17, 15) is 0 Å². The molecule has 2 aromatic heterocycles. The molecule has 0 radical (unpaired) electrons. The average Bonchev–Trinajstić information content (AvgIpc) is 3.16. The number of nitrogens with one attached hydrogen (secondary N) is 1. The van der Waals surface area contributed by atoms with E-state index in [2.05, 4.69) is 32.4 Å². The Hall–Kier alpha value is -1.60. The van der Waals surface area contributed by atoms with E-state index in [0.717, 1.165) is 17.9 Å². The van der Waals surface area contributed by atoms with Gasteiger partial charge in [0.15, 0.2) is 0 Å². The van der Waals surface area contributed by atoms with Crippen molar-refractivity contribution in [3.05, 3.63) is 30.4 Å². The van der Waals surface area contributed by atoms with Crippen LogP contribution in [0.1, 0.15) is 25.2 Å². The number of rotatable bonds is 7. The van der Waals surface area contributed by atoms with E-state index < -0.39 is 0 Å². The van der Waals surface area contributed by atoms with Gasteiger partial charge < -0.3 is 14.6 Å². The summed E-state index contributed by atoms with van der Waals surface area (Å²) in [5, 5.41) is 11.3. The van der Waals surface area contributed by atoms with E-state index in [4.69, 9.17) is 4.42 Å². The van der Waals surface area contributed by atoms with Crippen LogP contribution in [-0.4, -0.2) is 46.3 Å². The molecule has 6 nitrogen and oxygen atoms in total. The Bertz CT molecular complexity index is 576. The third kappa shape index (κ3) is 4.20. The number of hydrogen-bond donors (Lipinski definition) is 1. The van der Waals surface area contributed by atoms with E-state index in [1.54, 1.807) is 24.2 Å². The summed E-state index contributed by atoms with van der Waals surface area (Å²) in [6.07, 6.45) is 7.26. The summed E-state index contributed by atoms with van der Waals surface area (Å²) in [4.78, 5) is 7.57. The van der Waals surface area contributed by atoms with Gasteiger partial charge in [-0.05, 0) is 45.0 Å². The van der Waals surface area contributed by atoms with Crippen molar-refractivity contribution in [2.24, 2.45) is 0 Å². The lowest BCUT2D eigenvalue weighted by molar-refractivity contribution is 0.301. The van der Waals surface area contributed by atoms with E-state index in [0.29, 0.717) is 23.7 Å². The maximum atomic E-state index is 5.61. The second-order valence-corrected chi connectivity index (χ2v) is 6.51. The molecule has 1 N–H and O–H groups in total. The Morgan fingerprint density at radius 1 is 1.36 bits per heavy atom. The van der Waals surface area contributed by atoms with Crippen LogP contribution < -0.4 is 5.32 Å². The molecule has 22 heavy (non-hydrogen) atoms. The van der Waals surface area contributed by atoms with Gasteiger partial charge in [0, 0.05) is 29.9 Å². The van der Waals surface area contributed by atoms with Gasteiger partial charge in [-0.15, -0.1) is 16.9 Å². The first-order chi connectivity index (χ1) is 10.8. The molecule has 1 fully saturated rings. The number of thioether (sulfide) groups is 1. The molecule has 1 saturated heterocycles. The Kier molecular flexibility index (Phi) is 5.29. The van der Waals surface area contributed by atoms with Gasteiger partial charge in [-0.1, -0.05) is 5.10 Å². The van der Waals surface area contributed by atoms with Crippen LogP contribution in [0.3, 0.4) is 0 Å². The zero-order valence-electron chi connectivity index (χ0n) is 12.7. The van der Waals surface area contributed by atoms with Crippen LogP contribution in [0.25, 0.3) is 0 Å². The van der Waals surface area contributed by atoms with Crippen molar-refractivity contribution in [3.63, 3.8) is 0 Å². The summed E-state index contributed by atoms with van der Waals surface area (Å²) in [5.41, 5.74) is 0. The third-order valence-electron chi connectivity index (χ3n) is 3.90. The quantitative estimate of drug-likeness (QED) is 0.787. The summed E-state index contributed by atoms with van der Waals surface area (Å²) in [7, 11) is 2.19. The van der Waals surface area contributed by atoms with Crippen molar-refractivity contribution in [2.45, 2.75) is 36.0 Å². The highest BCUT2D eigenvalue weighted by Crippen LogP contribution is 2.22. The molecule has 118 valence electrons. The summed E-state index contributed by atoms with van der Waals surface area (Å²) in [6, 6.07) is 5.14. The van der Waals surface area contributed by atoms with Crippen LogP contribution in [0.2, 0.25) is 0 Å². The molecular weight excluding hydrogens is 298 g/mol. The standard InChI is InChI=1S/C15H21N5OS/c1-20-10-2-3-12(20)4-9-17-15-19-18-14(21-15)11-22-13-5-7-16-8-6-13/h5-8,12H,2-4,9-11H2,1H3,(H,17,19). The van der Waals surface area contributed by atoms with Crippen molar-refractivity contribution < 1.29 is 4.42 Å². The summed E-state index contributed by atoms with van der Waals surface area (Å²) in [5.74, 6) is 1.31. The van der Waals surface area contributed by atoms with E-state index in [1.165, 1.54) is 19.4 Å². The molecular formula is C15H21N5OS. The fourth-order valence-electron chi connectivity index (χ4n) is 2.65.